The smallest absolute Gasteiger partial charge is 0.360 e. The first-order valence-electron chi connectivity index (χ1n) is 11.6. The van der Waals surface area contributed by atoms with Crippen LogP contribution < -0.4 is 4.90 Å². The van der Waals surface area contributed by atoms with E-state index in [9.17, 15) is 9.59 Å². The number of hydrogen-bond donors (Lipinski definition) is 0. The summed E-state index contributed by atoms with van der Waals surface area (Å²) in [5.41, 5.74) is 1.67. The number of aromatic nitrogens is 2. The molecule has 1 aromatic carbocycles. The molecule has 0 atom stereocenters. The Bertz CT molecular complexity index is 926. The Labute approximate surface area is 183 Å². The maximum Gasteiger partial charge on any atom is 0.360 e. The Balaban J connectivity index is 1.48. The minimum absolute atomic E-state index is 0.251. The van der Waals surface area contributed by atoms with Crippen LogP contribution in [0.1, 0.15) is 62.4 Å². The summed E-state index contributed by atoms with van der Waals surface area (Å²) in [5, 5.41) is 0. The molecule has 7 nitrogen and oxygen atoms in total. The summed E-state index contributed by atoms with van der Waals surface area (Å²) in [6.07, 6.45) is 7.68. The summed E-state index contributed by atoms with van der Waals surface area (Å²) in [7, 11) is 0. The summed E-state index contributed by atoms with van der Waals surface area (Å²) >= 11 is 0. The number of carbonyl (C=O) groups excluding carboxylic acids is 2. The van der Waals surface area contributed by atoms with Gasteiger partial charge in [-0.1, -0.05) is 37.8 Å². The van der Waals surface area contributed by atoms with Crippen molar-refractivity contribution >= 4 is 28.7 Å². The van der Waals surface area contributed by atoms with Crippen molar-refractivity contribution in [2.45, 2.75) is 51.9 Å². The second kappa shape index (κ2) is 10.1. The minimum atomic E-state index is -0.454. The van der Waals surface area contributed by atoms with E-state index in [1.165, 1.54) is 25.7 Å². The number of rotatable bonds is 6. The van der Waals surface area contributed by atoms with Crippen LogP contribution >= 0.6 is 0 Å². The number of hydrogen-bond acceptors (Lipinski definition) is 6. The highest BCUT2D eigenvalue weighted by molar-refractivity contribution is 5.95. The lowest BCUT2D eigenvalue weighted by atomic mass is 10.0. The molecule has 166 valence electrons. The van der Waals surface area contributed by atoms with Gasteiger partial charge in [0.1, 0.15) is 0 Å². The highest BCUT2D eigenvalue weighted by atomic mass is 16.5. The number of ether oxygens (including phenoxy) is 1. The van der Waals surface area contributed by atoms with Crippen molar-refractivity contribution in [2.24, 2.45) is 5.92 Å². The zero-order chi connectivity index (χ0) is 21.6. The molecule has 1 aliphatic carbocycles. The fraction of sp³-hybridized carbons (Fsp3) is 0.583. The molecule has 2 heterocycles. The van der Waals surface area contributed by atoms with E-state index in [0.717, 1.165) is 37.4 Å². The van der Waals surface area contributed by atoms with Crippen molar-refractivity contribution in [1.82, 2.24) is 14.9 Å². The molecule has 1 saturated heterocycles. The lowest BCUT2D eigenvalue weighted by Gasteiger charge is -2.24. The molecule has 0 bridgehead atoms. The number of amides is 1. The molecule has 2 aromatic rings. The number of fused-ring (bicyclic) bond motifs is 1. The van der Waals surface area contributed by atoms with Gasteiger partial charge >= 0.3 is 5.97 Å². The van der Waals surface area contributed by atoms with Crippen molar-refractivity contribution in [3.8, 4) is 0 Å². The van der Waals surface area contributed by atoms with Gasteiger partial charge in [-0.2, -0.15) is 0 Å². The maximum atomic E-state index is 12.8. The van der Waals surface area contributed by atoms with Crippen molar-refractivity contribution < 1.29 is 14.3 Å². The first-order valence-corrected chi connectivity index (χ1v) is 11.6. The molecule has 1 amide bonds. The third-order valence-corrected chi connectivity index (χ3v) is 6.41. The predicted molar refractivity (Wildman–Crippen MR) is 120 cm³/mol. The maximum absolute atomic E-state index is 12.8. The van der Waals surface area contributed by atoms with E-state index in [0.29, 0.717) is 30.8 Å². The lowest BCUT2D eigenvalue weighted by Crippen LogP contribution is -2.36. The van der Waals surface area contributed by atoms with Crippen LogP contribution in [0.4, 0.5) is 5.82 Å². The van der Waals surface area contributed by atoms with Crippen LogP contribution in [-0.2, 0) is 9.53 Å². The van der Waals surface area contributed by atoms with Crippen LogP contribution in [0.2, 0.25) is 0 Å². The number of esters is 1. The van der Waals surface area contributed by atoms with Crippen LogP contribution in [0.5, 0.6) is 0 Å². The molecule has 0 radical (unpaired) electrons. The zero-order valence-corrected chi connectivity index (χ0v) is 18.4. The Kier molecular flexibility index (Phi) is 6.99. The van der Waals surface area contributed by atoms with E-state index in [1.54, 1.807) is 6.92 Å². The molecular weight excluding hydrogens is 392 g/mol. The molecule has 2 fully saturated rings. The van der Waals surface area contributed by atoms with Crippen molar-refractivity contribution in [3.63, 3.8) is 0 Å². The van der Waals surface area contributed by atoms with Gasteiger partial charge in [0.15, 0.2) is 11.5 Å². The molecule has 1 aromatic heterocycles. The van der Waals surface area contributed by atoms with Crippen molar-refractivity contribution in [1.29, 1.82) is 0 Å². The number of nitrogens with zero attached hydrogens (tertiary/aromatic N) is 4. The standard InChI is InChI=1S/C24H32N4O3/c1-2-31-24(30)22-23(26-20-11-6-5-10-19(20)25-22)28-15-7-14-27(16-17-28)21(29)13-12-18-8-3-4-9-18/h5-6,10-11,18H,2-4,7-9,12-17H2,1H3. The zero-order valence-electron chi connectivity index (χ0n) is 18.4. The Morgan fingerprint density at radius 2 is 1.74 bits per heavy atom. The predicted octanol–water partition coefficient (Wildman–Crippen LogP) is 3.82. The molecule has 0 N–H and O–H groups in total. The van der Waals surface area contributed by atoms with Gasteiger partial charge in [0.25, 0.3) is 0 Å². The second-order valence-electron chi connectivity index (χ2n) is 8.52. The van der Waals surface area contributed by atoms with Gasteiger partial charge in [-0.15, -0.1) is 0 Å². The summed E-state index contributed by atoms with van der Waals surface area (Å²) in [6, 6.07) is 7.55. The molecule has 4 rings (SSSR count). The van der Waals surface area contributed by atoms with E-state index in [1.807, 2.05) is 29.2 Å². The summed E-state index contributed by atoms with van der Waals surface area (Å²) in [5.74, 6) is 1.08. The molecule has 0 spiro atoms. The molecule has 7 heteroatoms. The van der Waals surface area contributed by atoms with Gasteiger partial charge in [0.2, 0.25) is 5.91 Å². The summed E-state index contributed by atoms with van der Waals surface area (Å²) in [4.78, 5) is 38.8. The largest absolute Gasteiger partial charge is 0.461 e. The van der Waals surface area contributed by atoms with E-state index < -0.39 is 5.97 Å². The molecule has 1 aliphatic heterocycles. The quantitative estimate of drug-likeness (QED) is 0.657. The minimum Gasteiger partial charge on any atom is -0.461 e. The van der Waals surface area contributed by atoms with Crippen LogP contribution in [0.15, 0.2) is 24.3 Å². The van der Waals surface area contributed by atoms with Crippen LogP contribution in [-0.4, -0.2) is 59.5 Å². The van der Waals surface area contributed by atoms with Gasteiger partial charge in [-0.25, -0.2) is 14.8 Å². The first-order chi connectivity index (χ1) is 15.2. The van der Waals surface area contributed by atoms with E-state index >= 15 is 0 Å². The highest BCUT2D eigenvalue weighted by Gasteiger charge is 2.26. The Hall–Kier alpha value is -2.70. The monoisotopic (exact) mass is 424 g/mol. The molecule has 0 unspecified atom stereocenters. The molecular formula is C24H32N4O3. The van der Waals surface area contributed by atoms with Gasteiger partial charge in [0, 0.05) is 32.6 Å². The normalized spacial score (nSPS) is 17.7. The SMILES string of the molecule is CCOC(=O)c1nc2ccccc2nc1N1CCCN(C(=O)CCC2CCCC2)CC1. The average Bonchev–Trinajstić information content (AvgIpc) is 3.19. The van der Waals surface area contributed by atoms with E-state index in [2.05, 4.69) is 9.88 Å². The number of carbonyl (C=O) groups is 2. The number of para-hydroxylation sites is 2. The van der Waals surface area contributed by atoms with Gasteiger partial charge in [-0.3, -0.25) is 4.79 Å². The van der Waals surface area contributed by atoms with Crippen molar-refractivity contribution in [3.05, 3.63) is 30.0 Å². The fourth-order valence-electron chi connectivity index (χ4n) is 4.71. The van der Waals surface area contributed by atoms with Gasteiger partial charge in [0.05, 0.1) is 17.6 Å². The van der Waals surface area contributed by atoms with Crippen LogP contribution in [0.3, 0.4) is 0 Å². The topological polar surface area (TPSA) is 75.6 Å². The molecule has 31 heavy (non-hydrogen) atoms. The molecule has 1 saturated carbocycles. The molecule has 2 aliphatic rings. The highest BCUT2D eigenvalue weighted by Crippen LogP contribution is 2.29. The van der Waals surface area contributed by atoms with Gasteiger partial charge in [-0.05, 0) is 37.8 Å². The van der Waals surface area contributed by atoms with Crippen molar-refractivity contribution in [2.75, 3.05) is 37.7 Å². The Morgan fingerprint density at radius 3 is 2.48 bits per heavy atom. The van der Waals surface area contributed by atoms with Crippen LogP contribution in [0.25, 0.3) is 11.0 Å². The Morgan fingerprint density at radius 1 is 1.00 bits per heavy atom. The number of benzene rings is 1. The third kappa shape index (κ3) is 5.14. The summed E-state index contributed by atoms with van der Waals surface area (Å²) < 4.78 is 5.25. The second-order valence-corrected chi connectivity index (χ2v) is 8.52. The fourth-order valence-corrected chi connectivity index (χ4v) is 4.71. The summed E-state index contributed by atoms with van der Waals surface area (Å²) in [6.45, 7) is 4.82. The number of anilines is 1. The average molecular weight is 425 g/mol. The van der Waals surface area contributed by atoms with E-state index in [4.69, 9.17) is 9.72 Å². The first kappa shape index (κ1) is 21.5. The van der Waals surface area contributed by atoms with E-state index in [-0.39, 0.29) is 18.2 Å². The van der Waals surface area contributed by atoms with Crippen LogP contribution in [0, 0.1) is 5.92 Å². The van der Waals surface area contributed by atoms with Gasteiger partial charge < -0.3 is 14.5 Å². The lowest BCUT2D eigenvalue weighted by molar-refractivity contribution is -0.131. The third-order valence-electron chi connectivity index (χ3n) is 6.41.